The molecule has 0 fully saturated rings. The number of esters is 1. The van der Waals surface area contributed by atoms with Gasteiger partial charge in [-0.3, -0.25) is 4.98 Å². The third-order valence-corrected chi connectivity index (χ3v) is 2.80. The van der Waals surface area contributed by atoms with Gasteiger partial charge in [0.1, 0.15) is 0 Å². The molecule has 0 aliphatic rings. The first-order valence-electron chi connectivity index (χ1n) is 6.40. The van der Waals surface area contributed by atoms with Gasteiger partial charge in [0.15, 0.2) is 0 Å². The Hall–Kier alpha value is -2.56. The van der Waals surface area contributed by atoms with Gasteiger partial charge in [0.2, 0.25) is 0 Å². The van der Waals surface area contributed by atoms with Gasteiger partial charge in [-0.1, -0.05) is 12.1 Å². The molecule has 3 N–H and O–H groups in total. The predicted molar refractivity (Wildman–Crippen MR) is 78.4 cm³/mol. The maximum Gasteiger partial charge on any atom is 0.338 e. The number of anilines is 2. The third-order valence-electron chi connectivity index (χ3n) is 2.80. The minimum atomic E-state index is -0.301. The number of hydrogen-bond donors (Lipinski definition) is 2. The average molecular weight is 271 g/mol. The van der Waals surface area contributed by atoms with Crippen molar-refractivity contribution in [1.82, 2.24) is 4.98 Å². The zero-order chi connectivity index (χ0) is 14.4. The Bertz CT molecular complexity index is 582. The first kappa shape index (κ1) is 13.9. The van der Waals surface area contributed by atoms with Crippen LogP contribution in [0.5, 0.6) is 0 Å². The fourth-order valence-corrected chi connectivity index (χ4v) is 1.74. The number of carbonyl (C=O) groups excluding carboxylic acids is 1. The molecule has 2 rings (SSSR count). The van der Waals surface area contributed by atoms with Crippen molar-refractivity contribution in [1.29, 1.82) is 0 Å². The molecule has 0 spiro atoms. The summed E-state index contributed by atoms with van der Waals surface area (Å²) in [6.45, 7) is 2.79. The monoisotopic (exact) mass is 271 g/mol. The van der Waals surface area contributed by atoms with Crippen molar-refractivity contribution < 1.29 is 9.53 Å². The summed E-state index contributed by atoms with van der Waals surface area (Å²) in [7, 11) is 0. The van der Waals surface area contributed by atoms with Gasteiger partial charge < -0.3 is 15.8 Å². The largest absolute Gasteiger partial charge is 0.462 e. The van der Waals surface area contributed by atoms with Crippen molar-refractivity contribution in [2.75, 3.05) is 17.7 Å². The van der Waals surface area contributed by atoms with E-state index in [9.17, 15) is 4.79 Å². The number of hydrogen-bond acceptors (Lipinski definition) is 5. The van der Waals surface area contributed by atoms with E-state index in [4.69, 9.17) is 10.5 Å². The van der Waals surface area contributed by atoms with Crippen LogP contribution in [-0.4, -0.2) is 17.6 Å². The number of ether oxygens (including phenoxy) is 1. The van der Waals surface area contributed by atoms with Crippen LogP contribution in [0, 0.1) is 0 Å². The summed E-state index contributed by atoms with van der Waals surface area (Å²) >= 11 is 0. The molecule has 0 aliphatic heterocycles. The molecule has 20 heavy (non-hydrogen) atoms. The Balaban J connectivity index is 1.98. The number of nitrogen functional groups attached to an aromatic ring is 1. The van der Waals surface area contributed by atoms with E-state index in [0.717, 1.165) is 11.3 Å². The normalized spacial score (nSPS) is 10.1. The average Bonchev–Trinajstić information content (AvgIpc) is 2.47. The highest BCUT2D eigenvalue weighted by Gasteiger charge is 2.05. The second kappa shape index (κ2) is 6.56. The minimum Gasteiger partial charge on any atom is -0.462 e. The lowest BCUT2D eigenvalue weighted by Crippen LogP contribution is -2.06. The van der Waals surface area contributed by atoms with E-state index >= 15 is 0 Å². The van der Waals surface area contributed by atoms with Crippen LogP contribution in [0.1, 0.15) is 22.8 Å². The Labute approximate surface area is 117 Å². The van der Waals surface area contributed by atoms with Crippen LogP contribution in [0.15, 0.2) is 42.7 Å². The number of rotatable bonds is 5. The summed E-state index contributed by atoms with van der Waals surface area (Å²) in [5, 5.41) is 3.22. The molecule has 0 saturated carbocycles. The van der Waals surface area contributed by atoms with Gasteiger partial charge in [0.05, 0.1) is 29.7 Å². The fourth-order valence-electron chi connectivity index (χ4n) is 1.74. The summed E-state index contributed by atoms with van der Waals surface area (Å²) in [6, 6.07) is 9.10. The molecule has 1 aromatic heterocycles. The Morgan fingerprint density at radius 2 is 2.05 bits per heavy atom. The van der Waals surface area contributed by atoms with Crippen LogP contribution < -0.4 is 11.1 Å². The van der Waals surface area contributed by atoms with E-state index in [2.05, 4.69) is 10.3 Å². The number of benzene rings is 1. The summed E-state index contributed by atoms with van der Waals surface area (Å²) in [4.78, 5) is 15.5. The highest BCUT2D eigenvalue weighted by atomic mass is 16.5. The van der Waals surface area contributed by atoms with Gasteiger partial charge >= 0.3 is 5.97 Å². The predicted octanol–water partition coefficient (Wildman–Crippen LogP) is 2.45. The number of aromatic nitrogens is 1. The van der Waals surface area contributed by atoms with E-state index < -0.39 is 0 Å². The first-order chi connectivity index (χ1) is 9.70. The fraction of sp³-hybridized carbons (Fsp3) is 0.200. The zero-order valence-electron chi connectivity index (χ0n) is 11.3. The van der Waals surface area contributed by atoms with Crippen LogP contribution >= 0.6 is 0 Å². The van der Waals surface area contributed by atoms with E-state index in [1.807, 2.05) is 18.2 Å². The lowest BCUT2D eigenvalue weighted by atomic mass is 10.1. The molecule has 104 valence electrons. The van der Waals surface area contributed by atoms with Crippen molar-refractivity contribution in [3.8, 4) is 0 Å². The molecule has 0 saturated heterocycles. The summed E-state index contributed by atoms with van der Waals surface area (Å²) in [6.07, 6.45) is 3.29. The number of nitrogens with zero attached hydrogens (tertiary/aromatic N) is 1. The van der Waals surface area contributed by atoms with Gasteiger partial charge in [0, 0.05) is 12.7 Å². The molecule has 1 heterocycles. The van der Waals surface area contributed by atoms with Crippen LogP contribution in [0.2, 0.25) is 0 Å². The van der Waals surface area contributed by atoms with Crippen molar-refractivity contribution >= 4 is 17.3 Å². The van der Waals surface area contributed by atoms with Crippen LogP contribution in [0.4, 0.5) is 11.4 Å². The molecule has 2 aromatic rings. The minimum absolute atomic E-state index is 0.301. The van der Waals surface area contributed by atoms with Crippen molar-refractivity contribution in [2.24, 2.45) is 0 Å². The molecule has 1 aromatic carbocycles. The van der Waals surface area contributed by atoms with Gasteiger partial charge in [0.25, 0.3) is 0 Å². The Morgan fingerprint density at radius 3 is 2.70 bits per heavy atom. The maximum absolute atomic E-state index is 11.5. The summed E-state index contributed by atoms with van der Waals surface area (Å²) in [5.41, 5.74) is 8.85. The van der Waals surface area contributed by atoms with Crippen LogP contribution in [0.25, 0.3) is 0 Å². The second-order valence-electron chi connectivity index (χ2n) is 4.23. The summed E-state index contributed by atoms with van der Waals surface area (Å²) < 4.78 is 4.93. The standard InChI is InChI=1S/C15H17N3O2/c1-2-20-15(19)12-5-3-11(4-6-12)9-18-14-7-8-17-10-13(14)16/h3-8,10H,2,9,16H2,1H3,(H,17,18). The van der Waals surface area contributed by atoms with Crippen LogP contribution in [0.3, 0.4) is 0 Å². The van der Waals surface area contributed by atoms with E-state index in [1.54, 1.807) is 31.5 Å². The number of nitrogens with two attached hydrogens (primary N) is 1. The molecule has 0 aliphatic carbocycles. The molecular weight excluding hydrogens is 254 g/mol. The molecule has 0 amide bonds. The number of pyridine rings is 1. The zero-order valence-corrected chi connectivity index (χ0v) is 11.3. The smallest absolute Gasteiger partial charge is 0.338 e. The van der Waals surface area contributed by atoms with E-state index in [-0.39, 0.29) is 5.97 Å². The van der Waals surface area contributed by atoms with Crippen molar-refractivity contribution in [3.63, 3.8) is 0 Å². The molecular formula is C15H17N3O2. The van der Waals surface area contributed by atoms with E-state index in [1.165, 1.54) is 0 Å². The SMILES string of the molecule is CCOC(=O)c1ccc(CNc2ccncc2N)cc1. The topological polar surface area (TPSA) is 77.2 Å². The lowest BCUT2D eigenvalue weighted by Gasteiger charge is -2.09. The molecule has 0 unspecified atom stereocenters. The van der Waals surface area contributed by atoms with Gasteiger partial charge in [-0.05, 0) is 30.7 Å². The Morgan fingerprint density at radius 1 is 1.30 bits per heavy atom. The van der Waals surface area contributed by atoms with Crippen molar-refractivity contribution in [2.45, 2.75) is 13.5 Å². The van der Waals surface area contributed by atoms with Crippen LogP contribution in [-0.2, 0) is 11.3 Å². The highest BCUT2D eigenvalue weighted by molar-refractivity contribution is 5.89. The summed E-state index contributed by atoms with van der Waals surface area (Å²) in [5.74, 6) is -0.301. The quantitative estimate of drug-likeness (QED) is 0.817. The van der Waals surface area contributed by atoms with Crippen molar-refractivity contribution in [3.05, 3.63) is 53.9 Å². The van der Waals surface area contributed by atoms with Gasteiger partial charge in [-0.25, -0.2) is 4.79 Å². The van der Waals surface area contributed by atoms with Gasteiger partial charge in [-0.15, -0.1) is 0 Å². The maximum atomic E-state index is 11.5. The number of nitrogens with one attached hydrogen (secondary N) is 1. The first-order valence-corrected chi connectivity index (χ1v) is 6.40. The Kier molecular flexibility index (Phi) is 4.55. The third kappa shape index (κ3) is 3.47. The highest BCUT2D eigenvalue weighted by Crippen LogP contribution is 2.16. The number of carbonyl (C=O) groups is 1. The van der Waals surface area contributed by atoms with Gasteiger partial charge in [-0.2, -0.15) is 0 Å². The molecule has 0 radical (unpaired) electrons. The molecule has 5 heteroatoms. The lowest BCUT2D eigenvalue weighted by molar-refractivity contribution is 0.0526. The molecule has 0 bridgehead atoms. The molecule has 0 atom stereocenters. The van der Waals surface area contributed by atoms with E-state index in [0.29, 0.717) is 24.4 Å². The molecule has 5 nitrogen and oxygen atoms in total. The second-order valence-corrected chi connectivity index (χ2v) is 4.23.